The Labute approximate surface area is 107 Å². The number of carbonyl (C=O) groups excluding carboxylic acids is 2. The van der Waals surface area contributed by atoms with Crippen LogP contribution in [0.2, 0.25) is 0 Å². The van der Waals surface area contributed by atoms with Crippen molar-refractivity contribution in [3.8, 4) is 0 Å². The summed E-state index contributed by atoms with van der Waals surface area (Å²) in [5.74, 6) is -1.16. The second kappa shape index (κ2) is 4.25. The number of esters is 1. The van der Waals surface area contributed by atoms with Gasteiger partial charge in [-0.15, -0.1) is 0 Å². The Morgan fingerprint density at radius 3 is 2.67 bits per heavy atom. The van der Waals surface area contributed by atoms with Gasteiger partial charge in [0.15, 0.2) is 6.04 Å². The zero-order valence-electron chi connectivity index (χ0n) is 9.14. The molecule has 1 aromatic rings. The standard InChI is InChI=1S/C10H8ClNO5S/c1-17-10(14)8-6-3-2-5(18(11,15)16)4-7(6)9(13)12-8/h2-4,8H,1H3,(H,12,13)/t8-/m1/s1. The molecule has 18 heavy (non-hydrogen) atoms. The first kappa shape index (κ1) is 12.8. The van der Waals surface area contributed by atoms with Crippen LogP contribution in [0.25, 0.3) is 0 Å². The van der Waals surface area contributed by atoms with Gasteiger partial charge >= 0.3 is 5.97 Å². The highest BCUT2D eigenvalue weighted by atomic mass is 35.7. The summed E-state index contributed by atoms with van der Waals surface area (Å²) in [5, 5.41) is 2.40. The van der Waals surface area contributed by atoms with E-state index in [2.05, 4.69) is 10.1 Å². The van der Waals surface area contributed by atoms with E-state index in [9.17, 15) is 18.0 Å². The number of hydrogen-bond acceptors (Lipinski definition) is 5. The number of methoxy groups -OCH3 is 1. The average Bonchev–Trinajstić information content (AvgIpc) is 2.64. The molecule has 0 fully saturated rings. The smallest absolute Gasteiger partial charge is 0.333 e. The largest absolute Gasteiger partial charge is 0.467 e. The Bertz CT molecular complexity index is 640. The molecule has 1 amide bonds. The Morgan fingerprint density at radius 1 is 1.44 bits per heavy atom. The van der Waals surface area contributed by atoms with Crippen LogP contribution in [0.15, 0.2) is 23.1 Å². The van der Waals surface area contributed by atoms with Gasteiger partial charge in [0.1, 0.15) is 0 Å². The molecule has 6 nitrogen and oxygen atoms in total. The summed E-state index contributed by atoms with van der Waals surface area (Å²) in [6, 6.07) is 2.82. The SMILES string of the molecule is COC(=O)[C@@H]1NC(=O)c2cc(S(=O)(=O)Cl)ccc21. The van der Waals surface area contributed by atoms with E-state index in [1.165, 1.54) is 19.2 Å². The second-order valence-electron chi connectivity index (χ2n) is 3.62. The van der Waals surface area contributed by atoms with E-state index < -0.39 is 27.0 Å². The predicted octanol–water partition coefficient (Wildman–Crippen LogP) is 0.572. The van der Waals surface area contributed by atoms with Crippen LogP contribution in [0.5, 0.6) is 0 Å². The number of hydrogen-bond donors (Lipinski definition) is 1. The maximum Gasteiger partial charge on any atom is 0.333 e. The van der Waals surface area contributed by atoms with Gasteiger partial charge in [0.2, 0.25) is 0 Å². The van der Waals surface area contributed by atoms with Gasteiger partial charge in [0.25, 0.3) is 15.0 Å². The third-order valence-electron chi connectivity index (χ3n) is 2.57. The molecular formula is C10H8ClNO5S. The maximum atomic E-state index is 11.6. The van der Waals surface area contributed by atoms with Crippen LogP contribution in [0, 0.1) is 0 Å². The topological polar surface area (TPSA) is 89.5 Å². The Hall–Kier alpha value is -1.60. The van der Waals surface area contributed by atoms with Crippen molar-refractivity contribution in [2.24, 2.45) is 0 Å². The highest BCUT2D eigenvalue weighted by molar-refractivity contribution is 8.13. The summed E-state index contributed by atoms with van der Waals surface area (Å²) >= 11 is 0. The average molecular weight is 290 g/mol. The second-order valence-corrected chi connectivity index (χ2v) is 6.18. The number of nitrogens with one attached hydrogen (secondary N) is 1. The van der Waals surface area contributed by atoms with Gasteiger partial charge in [0.05, 0.1) is 12.0 Å². The highest BCUT2D eigenvalue weighted by Gasteiger charge is 2.35. The minimum Gasteiger partial charge on any atom is -0.467 e. The molecule has 0 aliphatic carbocycles. The van der Waals surface area contributed by atoms with E-state index in [1.54, 1.807) is 0 Å². The summed E-state index contributed by atoms with van der Waals surface area (Å²) in [7, 11) is 2.47. The van der Waals surface area contributed by atoms with E-state index in [0.29, 0.717) is 5.56 Å². The van der Waals surface area contributed by atoms with Crippen LogP contribution in [-0.4, -0.2) is 27.4 Å². The molecule has 1 heterocycles. The molecule has 0 saturated heterocycles. The minimum absolute atomic E-state index is 0.104. The number of ether oxygens (including phenoxy) is 1. The number of amides is 1. The van der Waals surface area contributed by atoms with Gasteiger partial charge in [-0.2, -0.15) is 0 Å². The number of halogens is 1. The van der Waals surface area contributed by atoms with Crippen LogP contribution in [0.4, 0.5) is 0 Å². The molecule has 1 aliphatic rings. The predicted molar refractivity (Wildman–Crippen MR) is 61.7 cm³/mol. The van der Waals surface area contributed by atoms with Crippen molar-refractivity contribution in [1.82, 2.24) is 5.32 Å². The lowest BCUT2D eigenvalue weighted by atomic mass is 10.1. The molecule has 1 atom stereocenters. The zero-order chi connectivity index (χ0) is 13.5. The number of rotatable bonds is 2. The monoisotopic (exact) mass is 289 g/mol. The van der Waals surface area contributed by atoms with Crippen molar-refractivity contribution in [1.29, 1.82) is 0 Å². The molecule has 1 aromatic carbocycles. The molecular weight excluding hydrogens is 282 g/mol. The van der Waals surface area contributed by atoms with E-state index in [1.807, 2.05) is 0 Å². The van der Waals surface area contributed by atoms with Crippen LogP contribution in [0.1, 0.15) is 22.0 Å². The molecule has 0 saturated carbocycles. The van der Waals surface area contributed by atoms with E-state index in [0.717, 1.165) is 6.07 Å². The first-order valence-electron chi connectivity index (χ1n) is 4.82. The van der Waals surface area contributed by atoms with Gasteiger partial charge in [-0.3, -0.25) is 4.79 Å². The lowest BCUT2D eigenvalue weighted by Gasteiger charge is -2.08. The van der Waals surface area contributed by atoms with E-state index in [-0.39, 0.29) is 10.5 Å². The molecule has 0 unspecified atom stereocenters. The normalized spacial score (nSPS) is 18.1. The summed E-state index contributed by atoms with van der Waals surface area (Å²) in [6.45, 7) is 0. The number of carbonyl (C=O) groups is 2. The van der Waals surface area contributed by atoms with Gasteiger partial charge < -0.3 is 10.1 Å². The van der Waals surface area contributed by atoms with E-state index in [4.69, 9.17) is 10.7 Å². The van der Waals surface area contributed by atoms with Gasteiger partial charge in [-0.05, 0) is 17.7 Å². The van der Waals surface area contributed by atoms with Gasteiger partial charge in [0, 0.05) is 16.2 Å². The highest BCUT2D eigenvalue weighted by Crippen LogP contribution is 2.29. The minimum atomic E-state index is -3.92. The lowest BCUT2D eigenvalue weighted by Crippen LogP contribution is -2.26. The van der Waals surface area contributed by atoms with Crippen LogP contribution in [0.3, 0.4) is 0 Å². The molecule has 0 spiro atoms. The van der Waals surface area contributed by atoms with Crippen molar-refractivity contribution in [2.75, 3.05) is 7.11 Å². The van der Waals surface area contributed by atoms with Crippen LogP contribution in [-0.2, 0) is 18.6 Å². The lowest BCUT2D eigenvalue weighted by molar-refractivity contribution is -0.142. The fraction of sp³-hybridized carbons (Fsp3) is 0.200. The molecule has 96 valence electrons. The van der Waals surface area contributed by atoms with Crippen molar-refractivity contribution >= 4 is 31.6 Å². The quantitative estimate of drug-likeness (QED) is 0.635. The fourth-order valence-corrected chi connectivity index (χ4v) is 2.50. The van der Waals surface area contributed by atoms with Crippen molar-refractivity contribution < 1.29 is 22.7 Å². The van der Waals surface area contributed by atoms with Crippen LogP contribution >= 0.6 is 10.7 Å². The third kappa shape index (κ3) is 2.06. The van der Waals surface area contributed by atoms with Crippen molar-refractivity contribution in [2.45, 2.75) is 10.9 Å². The Morgan fingerprint density at radius 2 is 2.11 bits per heavy atom. The van der Waals surface area contributed by atoms with Crippen molar-refractivity contribution in [3.05, 3.63) is 29.3 Å². The summed E-state index contributed by atoms with van der Waals surface area (Å²) in [6.07, 6.45) is 0. The number of fused-ring (bicyclic) bond motifs is 1. The molecule has 1 N–H and O–H groups in total. The molecule has 0 aromatic heterocycles. The fourth-order valence-electron chi connectivity index (χ4n) is 1.73. The maximum absolute atomic E-state index is 11.6. The molecule has 8 heteroatoms. The first-order valence-corrected chi connectivity index (χ1v) is 7.13. The van der Waals surface area contributed by atoms with Gasteiger partial charge in [-0.1, -0.05) is 6.07 Å². The Balaban J connectivity index is 2.53. The first-order chi connectivity index (χ1) is 8.34. The van der Waals surface area contributed by atoms with Crippen LogP contribution < -0.4 is 5.32 Å². The Kier molecular flexibility index (Phi) is 3.04. The molecule has 0 radical (unpaired) electrons. The molecule has 0 bridgehead atoms. The third-order valence-corrected chi connectivity index (χ3v) is 3.93. The summed E-state index contributed by atoms with van der Waals surface area (Å²) in [4.78, 5) is 22.9. The zero-order valence-corrected chi connectivity index (χ0v) is 10.7. The van der Waals surface area contributed by atoms with Crippen molar-refractivity contribution in [3.63, 3.8) is 0 Å². The summed E-state index contributed by atoms with van der Waals surface area (Å²) < 4.78 is 26.8. The van der Waals surface area contributed by atoms with E-state index >= 15 is 0 Å². The molecule has 2 rings (SSSR count). The van der Waals surface area contributed by atoms with Gasteiger partial charge in [-0.25, -0.2) is 13.2 Å². The number of benzene rings is 1. The summed E-state index contributed by atoms with van der Waals surface area (Å²) in [5.41, 5.74) is 0.475. The molecule has 1 aliphatic heterocycles.